The lowest BCUT2D eigenvalue weighted by Crippen LogP contribution is -2.35. The van der Waals surface area contributed by atoms with E-state index in [1.807, 2.05) is 12.2 Å². The second-order valence-corrected chi connectivity index (χ2v) is 6.03. The van der Waals surface area contributed by atoms with Crippen LogP contribution < -0.4 is 0 Å². The molecule has 1 fully saturated rings. The van der Waals surface area contributed by atoms with Gasteiger partial charge in [0.25, 0.3) is 0 Å². The molecule has 0 amide bonds. The van der Waals surface area contributed by atoms with E-state index in [2.05, 4.69) is 20.8 Å². The zero-order chi connectivity index (χ0) is 13.4. The Balaban J connectivity index is 2.32. The number of aliphatic hydroxyl groups is 1. The van der Waals surface area contributed by atoms with E-state index in [9.17, 15) is 5.11 Å². The van der Waals surface area contributed by atoms with Gasteiger partial charge in [-0.05, 0) is 43.9 Å². The monoisotopic (exact) mass is 254 g/mol. The summed E-state index contributed by atoms with van der Waals surface area (Å²) < 4.78 is 5.49. The van der Waals surface area contributed by atoms with Gasteiger partial charge >= 0.3 is 0 Å². The van der Waals surface area contributed by atoms with Crippen molar-refractivity contribution < 1.29 is 9.84 Å². The summed E-state index contributed by atoms with van der Waals surface area (Å²) in [4.78, 5) is 0. The Kier molecular flexibility index (Phi) is 6.95. The van der Waals surface area contributed by atoms with E-state index in [4.69, 9.17) is 4.74 Å². The molecule has 0 radical (unpaired) electrons. The SMILES string of the molecule is CCCCOCC=CC1(O)CCCC(C(C)C)C1. The highest BCUT2D eigenvalue weighted by atomic mass is 16.5. The second-order valence-electron chi connectivity index (χ2n) is 6.03. The third kappa shape index (κ3) is 5.53. The van der Waals surface area contributed by atoms with Crippen LogP contribution in [0.15, 0.2) is 12.2 Å². The van der Waals surface area contributed by atoms with Gasteiger partial charge in [0.1, 0.15) is 0 Å². The Morgan fingerprint density at radius 2 is 2.22 bits per heavy atom. The summed E-state index contributed by atoms with van der Waals surface area (Å²) >= 11 is 0. The zero-order valence-electron chi connectivity index (χ0n) is 12.3. The molecule has 1 rings (SSSR count). The molecule has 106 valence electrons. The lowest BCUT2D eigenvalue weighted by atomic mass is 9.73. The largest absolute Gasteiger partial charge is 0.386 e. The average Bonchev–Trinajstić information content (AvgIpc) is 2.33. The maximum atomic E-state index is 10.6. The van der Waals surface area contributed by atoms with E-state index in [0.29, 0.717) is 18.4 Å². The van der Waals surface area contributed by atoms with Crippen LogP contribution in [0.4, 0.5) is 0 Å². The van der Waals surface area contributed by atoms with Crippen molar-refractivity contribution in [1.82, 2.24) is 0 Å². The van der Waals surface area contributed by atoms with Gasteiger partial charge in [-0.2, -0.15) is 0 Å². The van der Waals surface area contributed by atoms with Crippen molar-refractivity contribution in [2.45, 2.75) is 64.9 Å². The molecule has 0 aromatic heterocycles. The fraction of sp³-hybridized carbons (Fsp3) is 0.875. The summed E-state index contributed by atoms with van der Waals surface area (Å²) in [7, 11) is 0. The first-order valence-electron chi connectivity index (χ1n) is 7.55. The fourth-order valence-corrected chi connectivity index (χ4v) is 2.71. The van der Waals surface area contributed by atoms with E-state index in [1.165, 1.54) is 12.8 Å². The maximum absolute atomic E-state index is 10.6. The molecule has 2 atom stereocenters. The van der Waals surface area contributed by atoms with Gasteiger partial charge in [0.15, 0.2) is 0 Å². The Bertz CT molecular complexity index is 247. The molecule has 2 nitrogen and oxygen atoms in total. The van der Waals surface area contributed by atoms with Crippen LogP contribution in [0.1, 0.15) is 59.3 Å². The Morgan fingerprint density at radius 3 is 2.89 bits per heavy atom. The van der Waals surface area contributed by atoms with Crippen molar-refractivity contribution in [3.63, 3.8) is 0 Å². The molecule has 0 spiro atoms. The van der Waals surface area contributed by atoms with Crippen LogP contribution in [-0.2, 0) is 4.74 Å². The summed E-state index contributed by atoms with van der Waals surface area (Å²) in [5.41, 5.74) is -0.582. The Labute approximate surface area is 112 Å². The quantitative estimate of drug-likeness (QED) is 0.551. The van der Waals surface area contributed by atoms with Gasteiger partial charge < -0.3 is 9.84 Å². The molecule has 2 heteroatoms. The predicted molar refractivity (Wildman–Crippen MR) is 76.6 cm³/mol. The van der Waals surface area contributed by atoms with E-state index in [1.54, 1.807) is 0 Å². The minimum Gasteiger partial charge on any atom is -0.386 e. The van der Waals surface area contributed by atoms with Crippen LogP contribution in [-0.4, -0.2) is 23.9 Å². The first-order valence-corrected chi connectivity index (χ1v) is 7.55. The third-order valence-corrected chi connectivity index (χ3v) is 4.03. The lowest BCUT2D eigenvalue weighted by molar-refractivity contribution is 0.0166. The molecule has 0 bridgehead atoms. The van der Waals surface area contributed by atoms with Crippen LogP contribution in [0.2, 0.25) is 0 Å². The van der Waals surface area contributed by atoms with Crippen LogP contribution in [0.25, 0.3) is 0 Å². The first-order chi connectivity index (χ1) is 8.57. The molecule has 1 aliphatic carbocycles. The van der Waals surface area contributed by atoms with Crippen LogP contribution in [0.3, 0.4) is 0 Å². The average molecular weight is 254 g/mol. The molecule has 0 aromatic rings. The summed E-state index contributed by atoms with van der Waals surface area (Å²) in [6.07, 6.45) is 10.5. The van der Waals surface area contributed by atoms with Crippen molar-refractivity contribution in [1.29, 1.82) is 0 Å². The third-order valence-electron chi connectivity index (χ3n) is 4.03. The lowest BCUT2D eigenvalue weighted by Gasteiger charge is -2.36. The number of unbranched alkanes of at least 4 members (excludes halogenated alkanes) is 1. The summed E-state index contributed by atoms with van der Waals surface area (Å²) in [6, 6.07) is 0. The highest BCUT2D eigenvalue weighted by Gasteiger charge is 2.32. The van der Waals surface area contributed by atoms with E-state index in [-0.39, 0.29) is 0 Å². The molecule has 1 saturated carbocycles. The minimum atomic E-state index is -0.582. The highest BCUT2D eigenvalue weighted by Crippen LogP contribution is 2.37. The van der Waals surface area contributed by atoms with E-state index >= 15 is 0 Å². The van der Waals surface area contributed by atoms with Gasteiger partial charge in [-0.15, -0.1) is 0 Å². The highest BCUT2D eigenvalue weighted by molar-refractivity contribution is 5.04. The second kappa shape index (κ2) is 7.96. The Morgan fingerprint density at radius 1 is 1.44 bits per heavy atom. The summed E-state index contributed by atoms with van der Waals surface area (Å²) in [5, 5.41) is 10.6. The molecule has 2 unspecified atom stereocenters. The smallest absolute Gasteiger partial charge is 0.0831 e. The molecular weight excluding hydrogens is 224 g/mol. The van der Waals surface area contributed by atoms with Gasteiger partial charge in [-0.3, -0.25) is 0 Å². The van der Waals surface area contributed by atoms with Crippen LogP contribution in [0, 0.1) is 11.8 Å². The van der Waals surface area contributed by atoms with Crippen molar-refractivity contribution in [2.24, 2.45) is 11.8 Å². The normalized spacial score (nSPS) is 29.3. The number of ether oxygens (including phenoxy) is 1. The molecule has 0 heterocycles. The van der Waals surface area contributed by atoms with Gasteiger partial charge in [0, 0.05) is 6.61 Å². The van der Waals surface area contributed by atoms with Crippen LogP contribution in [0.5, 0.6) is 0 Å². The predicted octanol–water partition coefficient (Wildman–Crippen LogP) is 3.94. The standard InChI is InChI=1S/C16H30O2/c1-4-5-11-18-12-7-10-16(17)9-6-8-15(13-16)14(2)3/h7,10,14-15,17H,4-6,8-9,11-13H2,1-3H3. The van der Waals surface area contributed by atoms with Gasteiger partial charge in [0.05, 0.1) is 12.2 Å². The Hall–Kier alpha value is -0.340. The van der Waals surface area contributed by atoms with Crippen molar-refractivity contribution in [3.8, 4) is 0 Å². The van der Waals surface area contributed by atoms with Crippen molar-refractivity contribution in [3.05, 3.63) is 12.2 Å². The van der Waals surface area contributed by atoms with Crippen molar-refractivity contribution in [2.75, 3.05) is 13.2 Å². The van der Waals surface area contributed by atoms with Gasteiger partial charge in [0.2, 0.25) is 0 Å². The van der Waals surface area contributed by atoms with Gasteiger partial charge in [-0.25, -0.2) is 0 Å². The molecule has 0 aromatic carbocycles. The van der Waals surface area contributed by atoms with Crippen LogP contribution >= 0.6 is 0 Å². The first kappa shape index (κ1) is 15.7. The fourth-order valence-electron chi connectivity index (χ4n) is 2.71. The van der Waals surface area contributed by atoms with E-state index in [0.717, 1.165) is 32.3 Å². The minimum absolute atomic E-state index is 0.582. The summed E-state index contributed by atoms with van der Waals surface area (Å²) in [5.74, 6) is 1.33. The number of hydrogen-bond acceptors (Lipinski definition) is 2. The molecule has 0 aliphatic heterocycles. The molecule has 0 saturated heterocycles. The molecule has 1 N–H and O–H groups in total. The number of rotatable bonds is 7. The topological polar surface area (TPSA) is 29.5 Å². The molecule has 18 heavy (non-hydrogen) atoms. The molecular formula is C16H30O2. The maximum Gasteiger partial charge on any atom is 0.0831 e. The van der Waals surface area contributed by atoms with Crippen molar-refractivity contribution >= 4 is 0 Å². The zero-order valence-corrected chi connectivity index (χ0v) is 12.3. The number of hydrogen-bond donors (Lipinski definition) is 1. The van der Waals surface area contributed by atoms with Gasteiger partial charge in [-0.1, -0.05) is 39.3 Å². The summed E-state index contributed by atoms with van der Waals surface area (Å²) in [6.45, 7) is 8.14. The van der Waals surface area contributed by atoms with E-state index < -0.39 is 5.60 Å². The molecule has 1 aliphatic rings.